The SMILES string of the molecule is C=C(CC)CNCCC(C)C. The van der Waals surface area contributed by atoms with Gasteiger partial charge in [-0.25, -0.2) is 0 Å². The molecule has 11 heavy (non-hydrogen) atoms. The average molecular weight is 155 g/mol. The van der Waals surface area contributed by atoms with E-state index in [2.05, 4.69) is 32.7 Å². The minimum absolute atomic E-state index is 0.803. The van der Waals surface area contributed by atoms with E-state index in [0.29, 0.717) is 0 Å². The lowest BCUT2D eigenvalue weighted by Crippen LogP contribution is -2.19. The average Bonchev–Trinajstić information content (AvgIpc) is 1.97. The normalized spacial score (nSPS) is 10.5. The fourth-order valence-electron chi connectivity index (χ4n) is 0.781. The van der Waals surface area contributed by atoms with Crippen molar-refractivity contribution in [2.24, 2.45) is 5.92 Å². The molecule has 0 aliphatic carbocycles. The molecule has 0 atom stereocenters. The molecule has 0 bridgehead atoms. The summed E-state index contributed by atoms with van der Waals surface area (Å²) in [5.74, 6) is 0.803. The highest BCUT2D eigenvalue weighted by molar-refractivity contribution is 4.94. The van der Waals surface area contributed by atoms with E-state index in [4.69, 9.17) is 0 Å². The van der Waals surface area contributed by atoms with Gasteiger partial charge >= 0.3 is 0 Å². The van der Waals surface area contributed by atoms with Gasteiger partial charge in [-0.1, -0.05) is 32.9 Å². The topological polar surface area (TPSA) is 12.0 Å². The van der Waals surface area contributed by atoms with E-state index < -0.39 is 0 Å². The van der Waals surface area contributed by atoms with Gasteiger partial charge < -0.3 is 5.32 Å². The molecule has 0 radical (unpaired) electrons. The number of rotatable bonds is 6. The highest BCUT2D eigenvalue weighted by atomic mass is 14.8. The summed E-state index contributed by atoms with van der Waals surface area (Å²) < 4.78 is 0. The van der Waals surface area contributed by atoms with Gasteiger partial charge in [0.25, 0.3) is 0 Å². The van der Waals surface area contributed by atoms with Gasteiger partial charge in [0, 0.05) is 6.54 Å². The monoisotopic (exact) mass is 155 g/mol. The van der Waals surface area contributed by atoms with Crippen molar-refractivity contribution >= 4 is 0 Å². The molecule has 1 heteroatoms. The molecule has 0 aliphatic heterocycles. The lowest BCUT2D eigenvalue weighted by molar-refractivity contribution is 0.548. The molecule has 0 unspecified atom stereocenters. The van der Waals surface area contributed by atoms with Crippen molar-refractivity contribution in [1.29, 1.82) is 0 Å². The van der Waals surface area contributed by atoms with Crippen LogP contribution in [0.25, 0.3) is 0 Å². The first-order chi connectivity index (χ1) is 5.16. The van der Waals surface area contributed by atoms with E-state index in [0.717, 1.165) is 25.4 Å². The van der Waals surface area contributed by atoms with Crippen LogP contribution in [0, 0.1) is 5.92 Å². The Morgan fingerprint density at radius 3 is 2.55 bits per heavy atom. The zero-order valence-corrected chi connectivity index (χ0v) is 8.11. The van der Waals surface area contributed by atoms with Crippen LogP contribution in [0.15, 0.2) is 12.2 Å². The third-order valence-corrected chi connectivity index (χ3v) is 1.77. The molecule has 0 saturated carbocycles. The Morgan fingerprint density at radius 1 is 1.45 bits per heavy atom. The Kier molecular flexibility index (Phi) is 6.24. The summed E-state index contributed by atoms with van der Waals surface area (Å²) in [6.45, 7) is 12.7. The smallest absolute Gasteiger partial charge is 0.0161 e. The number of hydrogen-bond acceptors (Lipinski definition) is 1. The second kappa shape index (κ2) is 6.41. The molecule has 0 aromatic heterocycles. The van der Waals surface area contributed by atoms with Gasteiger partial charge in [-0.05, 0) is 25.3 Å². The maximum Gasteiger partial charge on any atom is 0.0161 e. The number of hydrogen-bond donors (Lipinski definition) is 1. The lowest BCUT2D eigenvalue weighted by Gasteiger charge is -2.07. The molecule has 0 aliphatic rings. The van der Waals surface area contributed by atoms with Crippen LogP contribution >= 0.6 is 0 Å². The minimum Gasteiger partial charge on any atom is -0.313 e. The van der Waals surface area contributed by atoms with Crippen molar-refractivity contribution in [3.05, 3.63) is 12.2 Å². The Bertz CT molecular complexity index is 105. The number of nitrogens with one attached hydrogen (secondary N) is 1. The minimum atomic E-state index is 0.803. The molecule has 0 saturated heterocycles. The van der Waals surface area contributed by atoms with E-state index in [1.54, 1.807) is 0 Å². The van der Waals surface area contributed by atoms with Gasteiger partial charge in [-0.2, -0.15) is 0 Å². The predicted molar refractivity (Wildman–Crippen MR) is 51.8 cm³/mol. The van der Waals surface area contributed by atoms with Crippen LogP contribution in [-0.4, -0.2) is 13.1 Å². The predicted octanol–water partition coefficient (Wildman–Crippen LogP) is 2.59. The van der Waals surface area contributed by atoms with Crippen LogP contribution < -0.4 is 5.32 Å². The Labute approximate surface area is 70.9 Å². The zero-order valence-electron chi connectivity index (χ0n) is 8.11. The Hall–Kier alpha value is -0.300. The molecule has 0 aromatic carbocycles. The standard InChI is InChI=1S/C10H21N/c1-5-10(4)8-11-7-6-9(2)3/h9,11H,4-8H2,1-3H3. The van der Waals surface area contributed by atoms with Gasteiger partial charge in [0.15, 0.2) is 0 Å². The van der Waals surface area contributed by atoms with E-state index in [-0.39, 0.29) is 0 Å². The van der Waals surface area contributed by atoms with Gasteiger partial charge in [-0.15, -0.1) is 0 Å². The first kappa shape index (κ1) is 10.7. The quantitative estimate of drug-likeness (QED) is 0.459. The van der Waals surface area contributed by atoms with Crippen molar-refractivity contribution in [3.63, 3.8) is 0 Å². The first-order valence-electron chi connectivity index (χ1n) is 4.54. The summed E-state index contributed by atoms with van der Waals surface area (Å²) in [6, 6.07) is 0. The van der Waals surface area contributed by atoms with Crippen molar-refractivity contribution in [3.8, 4) is 0 Å². The van der Waals surface area contributed by atoms with Crippen LogP contribution in [0.5, 0.6) is 0 Å². The molecule has 0 heterocycles. The summed E-state index contributed by atoms with van der Waals surface area (Å²) in [6.07, 6.45) is 2.35. The largest absolute Gasteiger partial charge is 0.313 e. The third-order valence-electron chi connectivity index (χ3n) is 1.77. The third kappa shape index (κ3) is 7.60. The second-order valence-electron chi connectivity index (χ2n) is 3.46. The Balaban J connectivity index is 3.08. The highest BCUT2D eigenvalue weighted by Gasteiger charge is 1.93. The molecule has 0 aromatic rings. The summed E-state index contributed by atoms with van der Waals surface area (Å²) in [5, 5.41) is 3.37. The molecule has 0 amide bonds. The van der Waals surface area contributed by atoms with E-state index in [9.17, 15) is 0 Å². The van der Waals surface area contributed by atoms with E-state index in [1.165, 1.54) is 12.0 Å². The Morgan fingerprint density at radius 2 is 2.09 bits per heavy atom. The fourth-order valence-corrected chi connectivity index (χ4v) is 0.781. The summed E-state index contributed by atoms with van der Waals surface area (Å²) in [7, 11) is 0. The molecule has 1 nitrogen and oxygen atoms in total. The van der Waals surface area contributed by atoms with Crippen LogP contribution in [0.1, 0.15) is 33.6 Å². The van der Waals surface area contributed by atoms with Gasteiger partial charge in [0.1, 0.15) is 0 Å². The van der Waals surface area contributed by atoms with E-state index in [1.807, 2.05) is 0 Å². The van der Waals surface area contributed by atoms with Gasteiger partial charge in [-0.3, -0.25) is 0 Å². The van der Waals surface area contributed by atoms with Crippen LogP contribution in [0.4, 0.5) is 0 Å². The molecule has 1 N–H and O–H groups in total. The van der Waals surface area contributed by atoms with Gasteiger partial charge in [0.05, 0.1) is 0 Å². The molecular weight excluding hydrogens is 134 g/mol. The van der Waals surface area contributed by atoms with Crippen LogP contribution in [-0.2, 0) is 0 Å². The van der Waals surface area contributed by atoms with Crippen molar-refractivity contribution in [2.75, 3.05) is 13.1 Å². The fraction of sp³-hybridized carbons (Fsp3) is 0.800. The second-order valence-corrected chi connectivity index (χ2v) is 3.46. The van der Waals surface area contributed by atoms with Crippen LogP contribution in [0.2, 0.25) is 0 Å². The highest BCUT2D eigenvalue weighted by Crippen LogP contribution is 1.97. The van der Waals surface area contributed by atoms with Crippen molar-refractivity contribution in [1.82, 2.24) is 5.32 Å². The molecular formula is C10H21N. The molecule has 66 valence electrons. The van der Waals surface area contributed by atoms with Crippen molar-refractivity contribution < 1.29 is 0 Å². The summed E-state index contributed by atoms with van der Waals surface area (Å²) in [4.78, 5) is 0. The zero-order chi connectivity index (χ0) is 8.69. The maximum absolute atomic E-state index is 3.93. The molecule has 0 fully saturated rings. The first-order valence-corrected chi connectivity index (χ1v) is 4.54. The maximum atomic E-state index is 3.93. The van der Waals surface area contributed by atoms with E-state index >= 15 is 0 Å². The molecule has 0 spiro atoms. The van der Waals surface area contributed by atoms with Crippen molar-refractivity contribution in [2.45, 2.75) is 33.6 Å². The molecule has 0 rings (SSSR count). The summed E-state index contributed by atoms with van der Waals surface area (Å²) in [5.41, 5.74) is 1.30. The lowest BCUT2D eigenvalue weighted by atomic mass is 10.1. The van der Waals surface area contributed by atoms with Gasteiger partial charge in [0.2, 0.25) is 0 Å². The van der Waals surface area contributed by atoms with Crippen LogP contribution in [0.3, 0.4) is 0 Å². The summed E-state index contributed by atoms with van der Waals surface area (Å²) >= 11 is 0.